The van der Waals surface area contributed by atoms with Gasteiger partial charge in [-0.2, -0.15) is 0 Å². The SMILES string of the molecule is O=C1[C@H](N(Cc2cccnc2)C[C@H]2CCCO2)CCN1C1CC1. The summed E-state index contributed by atoms with van der Waals surface area (Å²) in [6.07, 6.45) is 9.54. The minimum atomic E-state index is 0.0139. The molecule has 2 aliphatic heterocycles. The number of aromatic nitrogens is 1. The highest BCUT2D eigenvalue weighted by Gasteiger charge is 2.43. The molecule has 0 spiro atoms. The summed E-state index contributed by atoms with van der Waals surface area (Å²) in [5.74, 6) is 0.328. The molecule has 1 amide bonds. The fourth-order valence-electron chi connectivity index (χ4n) is 3.85. The third-order valence-electron chi connectivity index (χ3n) is 5.21. The minimum Gasteiger partial charge on any atom is -0.377 e. The van der Waals surface area contributed by atoms with Gasteiger partial charge < -0.3 is 9.64 Å². The van der Waals surface area contributed by atoms with Crippen LogP contribution in [0.15, 0.2) is 24.5 Å². The largest absolute Gasteiger partial charge is 0.377 e. The number of ether oxygens (including phenoxy) is 1. The smallest absolute Gasteiger partial charge is 0.240 e. The normalized spacial score (nSPS) is 28.0. The van der Waals surface area contributed by atoms with Gasteiger partial charge in [0.2, 0.25) is 5.91 Å². The molecule has 3 aliphatic rings. The molecule has 0 N–H and O–H groups in total. The molecule has 0 radical (unpaired) electrons. The van der Waals surface area contributed by atoms with E-state index in [0.29, 0.717) is 11.9 Å². The molecule has 23 heavy (non-hydrogen) atoms. The van der Waals surface area contributed by atoms with Gasteiger partial charge in [0, 0.05) is 44.7 Å². The van der Waals surface area contributed by atoms with Gasteiger partial charge in [-0.25, -0.2) is 0 Å². The molecule has 4 rings (SSSR count). The fraction of sp³-hybridized carbons (Fsp3) is 0.667. The number of hydrogen-bond donors (Lipinski definition) is 0. The lowest BCUT2D eigenvalue weighted by molar-refractivity contribution is -0.133. The van der Waals surface area contributed by atoms with Gasteiger partial charge in [0.15, 0.2) is 0 Å². The van der Waals surface area contributed by atoms with E-state index in [9.17, 15) is 4.79 Å². The van der Waals surface area contributed by atoms with E-state index >= 15 is 0 Å². The average molecular weight is 315 g/mol. The van der Waals surface area contributed by atoms with Crippen LogP contribution < -0.4 is 0 Å². The first-order chi connectivity index (χ1) is 11.3. The Balaban J connectivity index is 1.48. The third-order valence-corrected chi connectivity index (χ3v) is 5.21. The van der Waals surface area contributed by atoms with Crippen molar-refractivity contribution in [2.75, 3.05) is 19.7 Å². The van der Waals surface area contributed by atoms with E-state index in [-0.39, 0.29) is 12.1 Å². The third kappa shape index (κ3) is 3.40. The van der Waals surface area contributed by atoms with Crippen molar-refractivity contribution in [3.8, 4) is 0 Å². The van der Waals surface area contributed by atoms with Gasteiger partial charge in [0.25, 0.3) is 0 Å². The summed E-state index contributed by atoms with van der Waals surface area (Å²) in [6, 6.07) is 4.59. The molecular formula is C18H25N3O2. The second-order valence-corrected chi connectivity index (χ2v) is 6.99. The van der Waals surface area contributed by atoms with Gasteiger partial charge in [-0.15, -0.1) is 0 Å². The van der Waals surface area contributed by atoms with Crippen LogP contribution >= 0.6 is 0 Å². The van der Waals surface area contributed by atoms with Gasteiger partial charge in [-0.3, -0.25) is 14.7 Å². The Labute approximate surface area is 137 Å². The van der Waals surface area contributed by atoms with Crippen molar-refractivity contribution in [3.63, 3.8) is 0 Å². The Bertz CT molecular complexity index is 540. The minimum absolute atomic E-state index is 0.0139. The maximum Gasteiger partial charge on any atom is 0.240 e. The molecular weight excluding hydrogens is 290 g/mol. The maximum absolute atomic E-state index is 12.8. The Kier molecular flexibility index (Phi) is 4.31. The van der Waals surface area contributed by atoms with E-state index < -0.39 is 0 Å². The summed E-state index contributed by atoms with van der Waals surface area (Å²) < 4.78 is 5.82. The van der Waals surface area contributed by atoms with Crippen LogP contribution in [0.4, 0.5) is 0 Å². The fourth-order valence-corrected chi connectivity index (χ4v) is 3.85. The van der Waals surface area contributed by atoms with Gasteiger partial charge >= 0.3 is 0 Å². The first-order valence-corrected chi connectivity index (χ1v) is 8.86. The van der Waals surface area contributed by atoms with Crippen molar-refractivity contribution < 1.29 is 9.53 Å². The zero-order valence-corrected chi connectivity index (χ0v) is 13.6. The van der Waals surface area contributed by atoms with Crippen molar-refractivity contribution in [1.29, 1.82) is 0 Å². The number of carbonyl (C=O) groups excluding carboxylic acids is 1. The van der Waals surface area contributed by atoms with Crippen LogP contribution in [0.1, 0.15) is 37.7 Å². The van der Waals surface area contributed by atoms with Gasteiger partial charge in [0.1, 0.15) is 0 Å². The van der Waals surface area contributed by atoms with E-state index in [4.69, 9.17) is 4.74 Å². The van der Waals surface area contributed by atoms with Gasteiger partial charge in [0.05, 0.1) is 12.1 Å². The van der Waals surface area contributed by atoms with Crippen molar-refractivity contribution in [2.24, 2.45) is 0 Å². The Morgan fingerprint density at radius 1 is 1.30 bits per heavy atom. The Morgan fingerprint density at radius 2 is 2.22 bits per heavy atom. The first kappa shape index (κ1) is 15.1. The summed E-state index contributed by atoms with van der Waals surface area (Å²) in [7, 11) is 0. The summed E-state index contributed by atoms with van der Waals surface area (Å²) >= 11 is 0. The quantitative estimate of drug-likeness (QED) is 0.803. The maximum atomic E-state index is 12.8. The second-order valence-electron chi connectivity index (χ2n) is 6.99. The van der Waals surface area contributed by atoms with E-state index in [1.807, 2.05) is 12.3 Å². The molecule has 5 heteroatoms. The predicted molar refractivity (Wildman–Crippen MR) is 86.8 cm³/mol. The van der Waals surface area contributed by atoms with Crippen LogP contribution in [0.25, 0.3) is 0 Å². The topological polar surface area (TPSA) is 45.7 Å². The van der Waals surface area contributed by atoms with Crippen molar-refractivity contribution in [3.05, 3.63) is 30.1 Å². The zero-order chi connectivity index (χ0) is 15.6. The molecule has 2 atom stereocenters. The highest BCUT2D eigenvalue weighted by Crippen LogP contribution is 2.32. The van der Waals surface area contributed by atoms with Crippen LogP contribution in [-0.4, -0.2) is 58.6 Å². The standard InChI is InChI=1S/C18H25N3O2/c22-18-17(7-9-21(18)15-5-6-15)20(13-16-4-2-10-23-16)12-14-3-1-8-19-11-14/h1,3,8,11,15-17H,2,4-7,9-10,12-13H2/t16-,17-/m1/s1. The van der Waals surface area contributed by atoms with Crippen molar-refractivity contribution in [2.45, 2.75) is 56.8 Å². The Morgan fingerprint density at radius 3 is 2.91 bits per heavy atom. The first-order valence-electron chi connectivity index (χ1n) is 8.86. The summed E-state index contributed by atoms with van der Waals surface area (Å²) in [6.45, 7) is 3.41. The lowest BCUT2D eigenvalue weighted by atomic mass is 10.1. The van der Waals surface area contributed by atoms with E-state index in [1.165, 1.54) is 18.4 Å². The van der Waals surface area contributed by atoms with Gasteiger partial charge in [-0.05, 0) is 43.7 Å². The van der Waals surface area contributed by atoms with E-state index in [0.717, 1.165) is 45.5 Å². The average Bonchev–Trinajstić information content (AvgIpc) is 3.14. The number of rotatable bonds is 6. The molecule has 2 saturated heterocycles. The molecule has 5 nitrogen and oxygen atoms in total. The lowest BCUT2D eigenvalue weighted by Crippen LogP contribution is -2.45. The zero-order valence-electron chi connectivity index (χ0n) is 13.6. The number of hydrogen-bond acceptors (Lipinski definition) is 4. The van der Waals surface area contributed by atoms with Crippen LogP contribution in [0.2, 0.25) is 0 Å². The van der Waals surface area contributed by atoms with Crippen molar-refractivity contribution >= 4 is 5.91 Å². The van der Waals surface area contributed by atoms with Crippen LogP contribution in [0.5, 0.6) is 0 Å². The highest BCUT2D eigenvalue weighted by molar-refractivity contribution is 5.84. The van der Waals surface area contributed by atoms with Crippen LogP contribution in [0, 0.1) is 0 Å². The summed E-state index contributed by atoms with van der Waals surface area (Å²) in [4.78, 5) is 21.5. The molecule has 1 aliphatic carbocycles. The number of likely N-dealkylation sites (tertiary alicyclic amines) is 1. The van der Waals surface area contributed by atoms with E-state index in [1.54, 1.807) is 6.20 Å². The molecule has 3 heterocycles. The summed E-state index contributed by atoms with van der Waals surface area (Å²) in [5.41, 5.74) is 1.17. The van der Waals surface area contributed by atoms with Gasteiger partial charge in [-0.1, -0.05) is 6.07 Å². The molecule has 124 valence electrons. The predicted octanol–water partition coefficient (Wildman–Crippen LogP) is 1.83. The number of amides is 1. The highest BCUT2D eigenvalue weighted by atomic mass is 16.5. The summed E-state index contributed by atoms with van der Waals surface area (Å²) in [5, 5.41) is 0. The monoisotopic (exact) mass is 315 g/mol. The number of carbonyl (C=O) groups is 1. The van der Waals surface area contributed by atoms with Crippen molar-refractivity contribution in [1.82, 2.24) is 14.8 Å². The number of pyridine rings is 1. The molecule has 0 unspecified atom stereocenters. The lowest BCUT2D eigenvalue weighted by Gasteiger charge is -2.30. The number of nitrogens with zero attached hydrogens (tertiary/aromatic N) is 3. The van der Waals surface area contributed by atoms with Crippen LogP contribution in [0.3, 0.4) is 0 Å². The molecule has 0 aromatic carbocycles. The van der Waals surface area contributed by atoms with Crippen LogP contribution in [-0.2, 0) is 16.1 Å². The molecule has 1 aromatic heterocycles. The van der Waals surface area contributed by atoms with E-state index in [2.05, 4.69) is 20.9 Å². The molecule has 1 aromatic rings. The Hall–Kier alpha value is -1.46. The molecule has 1 saturated carbocycles. The second kappa shape index (κ2) is 6.57. The molecule has 3 fully saturated rings. The molecule has 0 bridgehead atoms.